The minimum atomic E-state index is -0.262. The summed E-state index contributed by atoms with van der Waals surface area (Å²) in [5.74, 6) is 0.829. The molecule has 5 rings (SSSR count). The molecule has 2 N–H and O–H groups in total. The van der Waals surface area contributed by atoms with E-state index in [2.05, 4.69) is 28.5 Å². The third kappa shape index (κ3) is 4.06. The van der Waals surface area contributed by atoms with Gasteiger partial charge >= 0.3 is 0 Å². The molecule has 1 aliphatic rings. The minimum Gasteiger partial charge on any atom is -0.340 e. The smallest absolute Gasteiger partial charge is 0.277 e. The molecule has 2 aromatic heterocycles. The number of anilines is 1. The summed E-state index contributed by atoms with van der Waals surface area (Å²) in [5, 5.41) is 0. The molecule has 3 heterocycles. The van der Waals surface area contributed by atoms with Crippen molar-refractivity contribution in [2.24, 2.45) is 5.73 Å². The largest absolute Gasteiger partial charge is 0.340 e. The monoisotopic (exact) mass is 427 g/mol. The van der Waals surface area contributed by atoms with Crippen LogP contribution in [0, 0.1) is 0 Å². The standard InChI is InChI=1S/C26H29N5O/c1-26(27)14-8-15-30(19-26)25-28-22-13-16-29(17-20-9-4-2-5-10-20)24(32)23(22)31(25)18-21-11-6-3-7-12-21/h2-7,9-13,16H,8,14-15,17-19,27H2,1H3. The highest BCUT2D eigenvalue weighted by Crippen LogP contribution is 2.27. The molecule has 2 aromatic carbocycles. The molecule has 0 bridgehead atoms. The van der Waals surface area contributed by atoms with E-state index in [0.717, 1.165) is 48.5 Å². The molecular formula is C26H29N5O. The first-order chi connectivity index (χ1) is 15.5. The third-order valence-corrected chi connectivity index (χ3v) is 6.24. The molecule has 1 saturated heterocycles. The van der Waals surface area contributed by atoms with Crippen LogP contribution in [0.2, 0.25) is 0 Å². The van der Waals surface area contributed by atoms with Gasteiger partial charge in [0.05, 0.1) is 18.6 Å². The molecule has 1 fully saturated rings. The fourth-order valence-electron chi connectivity index (χ4n) is 4.67. The SMILES string of the molecule is CC1(N)CCCN(c2nc3ccn(Cc4ccccc4)c(=O)c3n2Cc2ccccc2)C1. The number of nitrogens with two attached hydrogens (primary N) is 1. The lowest BCUT2D eigenvalue weighted by Gasteiger charge is -2.38. The summed E-state index contributed by atoms with van der Waals surface area (Å²) in [4.78, 5) is 20.8. The fraction of sp³-hybridized carbons (Fsp3) is 0.308. The molecule has 1 atom stereocenters. The van der Waals surface area contributed by atoms with Crippen molar-refractivity contribution >= 4 is 17.0 Å². The van der Waals surface area contributed by atoms with Crippen LogP contribution in [0.25, 0.3) is 11.0 Å². The van der Waals surface area contributed by atoms with E-state index >= 15 is 0 Å². The van der Waals surface area contributed by atoms with Crippen LogP contribution in [-0.2, 0) is 13.1 Å². The molecule has 6 heteroatoms. The molecule has 0 aliphatic carbocycles. The third-order valence-electron chi connectivity index (χ3n) is 6.24. The number of pyridine rings is 1. The van der Waals surface area contributed by atoms with Crippen LogP contribution in [0.1, 0.15) is 30.9 Å². The number of benzene rings is 2. The van der Waals surface area contributed by atoms with E-state index in [9.17, 15) is 4.79 Å². The molecule has 0 amide bonds. The van der Waals surface area contributed by atoms with Gasteiger partial charge in [0.2, 0.25) is 5.95 Å². The van der Waals surface area contributed by atoms with E-state index in [1.54, 1.807) is 4.57 Å². The lowest BCUT2D eigenvalue weighted by Crippen LogP contribution is -2.52. The Morgan fingerprint density at radius 1 is 0.969 bits per heavy atom. The summed E-state index contributed by atoms with van der Waals surface area (Å²) in [6.07, 6.45) is 3.86. The predicted octanol–water partition coefficient (Wildman–Crippen LogP) is 3.61. The number of piperidine rings is 1. The lowest BCUT2D eigenvalue weighted by atomic mass is 9.93. The maximum absolute atomic E-state index is 13.6. The molecule has 6 nitrogen and oxygen atoms in total. The zero-order valence-corrected chi connectivity index (χ0v) is 18.4. The molecule has 164 valence electrons. The maximum Gasteiger partial charge on any atom is 0.277 e. The Kier molecular flexibility index (Phi) is 5.31. The van der Waals surface area contributed by atoms with Gasteiger partial charge < -0.3 is 19.8 Å². The zero-order chi connectivity index (χ0) is 22.1. The highest BCUT2D eigenvalue weighted by molar-refractivity contribution is 5.78. The summed E-state index contributed by atoms with van der Waals surface area (Å²) in [6.45, 7) is 4.84. The highest BCUT2D eigenvalue weighted by Gasteiger charge is 2.30. The average Bonchev–Trinajstić information content (AvgIpc) is 3.15. The van der Waals surface area contributed by atoms with Gasteiger partial charge in [-0.1, -0.05) is 60.7 Å². The number of aromatic nitrogens is 3. The van der Waals surface area contributed by atoms with Crippen LogP contribution in [0.15, 0.2) is 77.7 Å². The Morgan fingerprint density at radius 3 is 2.28 bits per heavy atom. The van der Waals surface area contributed by atoms with Gasteiger partial charge in [-0.25, -0.2) is 4.98 Å². The Labute approximate surface area is 187 Å². The lowest BCUT2D eigenvalue weighted by molar-refractivity contribution is 0.370. The first-order valence-corrected chi connectivity index (χ1v) is 11.2. The van der Waals surface area contributed by atoms with Gasteiger partial charge in [0, 0.05) is 24.8 Å². The summed E-state index contributed by atoms with van der Waals surface area (Å²) >= 11 is 0. The first kappa shape index (κ1) is 20.5. The van der Waals surface area contributed by atoms with Crippen LogP contribution in [0.5, 0.6) is 0 Å². The fourth-order valence-corrected chi connectivity index (χ4v) is 4.67. The number of hydrogen-bond donors (Lipinski definition) is 1. The first-order valence-electron chi connectivity index (χ1n) is 11.2. The number of rotatable bonds is 5. The molecule has 32 heavy (non-hydrogen) atoms. The highest BCUT2D eigenvalue weighted by atomic mass is 16.1. The Bertz CT molecular complexity index is 1270. The second kappa shape index (κ2) is 8.28. The number of imidazole rings is 1. The Hall–Kier alpha value is -3.38. The molecule has 0 spiro atoms. The molecular weight excluding hydrogens is 398 g/mol. The van der Waals surface area contributed by atoms with Crippen molar-refractivity contribution in [2.45, 2.75) is 38.4 Å². The van der Waals surface area contributed by atoms with Gasteiger partial charge in [-0.15, -0.1) is 0 Å². The molecule has 0 saturated carbocycles. The summed E-state index contributed by atoms with van der Waals surface area (Å²) in [7, 11) is 0. The van der Waals surface area contributed by atoms with Crippen LogP contribution < -0.4 is 16.2 Å². The number of hydrogen-bond acceptors (Lipinski definition) is 4. The Balaban J connectivity index is 1.63. The quantitative estimate of drug-likeness (QED) is 0.528. The van der Waals surface area contributed by atoms with Crippen LogP contribution >= 0.6 is 0 Å². The van der Waals surface area contributed by atoms with Crippen molar-refractivity contribution in [1.82, 2.24) is 14.1 Å². The summed E-state index contributed by atoms with van der Waals surface area (Å²) in [6, 6.07) is 22.3. The molecule has 4 aromatic rings. The van der Waals surface area contributed by atoms with Crippen molar-refractivity contribution < 1.29 is 0 Å². The van der Waals surface area contributed by atoms with Gasteiger partial charge in [-0.3, -0.25) is 4.79 Å². The van der Waals surface area contributed by atoms with Crippen molar-refractivity contribution in [3.63, 3.8) is 0 Å². The number of nitrogens with zero attached hydrogens (tertiary/aromatic N) is 4. The van der Waals surface area contributed by atoms with Crippen molar-refractivity contribution in [2.75, 3.05) is 18.0 Å². The van der Waals surface area contributed by atoms with Gasteiger partial charge in [-0.05, 0) is 37.0 Å². The van der Waals surface area contributed by atoms with E-state index in [0.29, 0.717) is 18.6 Å². The second-order valence-electron chi connectivity index (χ2n) is 9.13. The van der Waals surface area contributed by atoms with Crippen molar-refractivity contribution in [3.8, 4) is 0 Å². The van der Waals surface area contributed by atoms with Crippen LogP contribution in [-0.4, -0.2) is 32.7 Å². The Morgan fingerprint density at radius 2 is 1.62 bits per heavy atom. The van der Waals surface area contributed by atoms with E-state index in [4.69, 9.17) is 10.7 Å². The summed E-state index contributed by atoms with van der Waals surface area (Å²) < 4.78 is 3.85. The topological polar surface area (TPSA) is 69.1 Å². The van der Waals surface area contributed by atoms with Crippen LogP contribution in [0.3, 0.4) is 0 Å². The average molecular weight is 428 g/mol. The van der Waals surface area contributed by atoms with Gasteiger partial charge in [-0.2, -0.15) is 0 Å². The minimum absolute atomic E-state index is 0.0199. The summed E-state index contributed by atoms with van der Waals surface area (Å²) in [5.41, 5.74) is 9.82. The van der Waals surface area contributed by atoms with Crippen molar-refractivity contribution in [3.05, 3.63) is 94.4 Å². The second-order valence-corrected chi connectivity index (χ2v) is 9.13. The predicted molar refractivity (Wildman–Crippen MR) is 129 cm³/mol. The number of fused-ring (bicyclic) bond motifs is 1. The van der Waals surface area contributed by atoms with Crippen molar-refractivity contribution in [1.29, 1.82) is 0 Å². The normalized spacial score (nSPS) is 18.9. The van der Waals surface area contributed by atoms with E-state index < -0.39 is 0 Å². The van der Waals surface area contributed by atoms with E-state index in [-0.39, 0.29) is 11.1 Å². The van der Waals surface area contributed by atoms with Crippen LogP contribution in [0.4, 0.5) is 5.95 Å². The molecule has 0 radical (unpaired) electrons. The van der Waals surface area contributed by atoms with Gasteiger partial charge in [0.15, 0.2) is 0 Å². The van der Waals surface area contributed by atoms with Gasteiger partial charge in [0.1, 0.15) is 5.52 Å². The zero-order valence-electron chi connectivity index (χ0n) is 18.4. The maximum atomic E-state index is 13.6. The molecule has 1 unspecified atom stereocenters. The van der Waals surface area contributed by atoms with E-state index in [1.807, 2.05) is 60.8 Å². The van der Waals surface area contributed by atoms with E-state index in [1.165, 1.54) is 0 Å². The molecule has 1 aliphatic heterocycles. The van der Waals surface area contributed by atoms with Gasteiger partial charge in [0.25, 0.3) is 5.56 Å².